The molecule has 5 N–H and O–H groups in total. The summed E-state index contributed by atoms with van der Waals surface area (Å²) in [5, 5.41) is 5.21. The third kappa shape index (κ3) is 2.01. The van der Waals surface area contributed by atoms with Crippen LogP contribution in [0.25, 0.3) is 10.9 Å². The van der Waals surface area contributed by atoms with Crippen molar-refractivity contribution >= 4 is 16.7 Å². The number of anilines is 1. The molecule has 1 aromatic carbocycles. The smallest absolute Gasteiger partial charge is 0.126 e. The molecule has 6 nitrogen and oxygen atoms in total. The predicted octanol–water partition coefficient (Wildman–Crippen LogP) is 1.10. The Morgan fingerprint density at radius 1 is 1.25 bits per heavy atom. The predicted molar refractivity (Wildman–Crippen MR) is 78.5 cm³/mol. The van der Waals surface area contributed by atoms with Gasteiger partial charge >= 0.3 is 0 Å². The molecule has 0 fully saturated rings. The molecule has 102 valence electrons. The molecule has 0 amide bonds. The number of nitrogens with zero attached hydrogens (tertiary/aromatic N) is 3. The first-order valence-electron chi connectivity index (χ1n) is 6.29. The average molecular weight is 268 g/mol. The molecule has 1 unspecified atom stereocenters. The van der Waals surface area contributed by atoms with Crippen LogP contribution in [-0.2, 0) is 7.05 Å². The summed E-state index contributed by atoms with van der Waals surface area (Å²) < 4.78 is 1.62. The summed E-state index contributed by atoms with van der Waals surface area (Å²) in [5.41, 5.74) is 11.5. The van der Waals surface area contributed by atoms with E-state index in [0.29, 0.717) is 5.82 Å². The minimum Gasteiger partial charge on any atom is -0.384 e. The maximum Gasteiger partial charge on any atom is 0.126 e. The van der Waals surface area contributed by atoms with Crippen LogP contribution < -0.4 is 17.0 Å². The van der Waals surface area contributed by atoms with Gasteiger partial charge in [-0.1, -0.05) is 18.2 Å². The summed E-state index contributed by atoms with van der Waals surface area (Å²) in [6.07, 6.45) is 3.52. The maximum absolute atomic E-state index is 6.01. The van der Waals surface area contributed by atoms with E-state index in [4.69, 9.17) is 11.6 Å². The SMILES string of the molecule is Cn1ncc(C(NN)c2cnc3ccccc3c2)c1N. The summed E-state index contributed by atoms with van der Waals surface area (Å²) in [4.78, 5) is 4.45. The fraction of sp³-hybridized carbons (Fsp3) is 0.143. The number of benzene rings is 1. The Labute approximate surface area is 116 Å². The molecule has 0 radical (unpaired) electrons. The van der Waals surface area contributed by atoms with E-state index in [0.717, 1.165) is 22.0 Å². The van der Waals surface area contributed by atoms with E-state index in [1.165, 1.54) is 0 Å². The normalized spacial score (nSPS) is 12.7. The fourth-order valence-electron chi connectivity index (χ4n) is 2.30. The first kappa shape index (κ1) is 12.6. The molecule has 1 atom stereocenters. The first-order chi connectivity index (χ1) is 9.70. The quantitative estimate of drug-likeness (QED) is 0.488. The van der Waals surface area contributed by atoms with Gasteiger partial charge in [0.15, 0.2) is 0 Å². The fourth-order valence-corrected chi connectivity index (χ4v) is 2.30. The van der Waals surface area contributed by atoms with Gasteiger partial charge in [-0.25, -0.2) is 5.43 Å². The Kier molecular flexibility index (Phi) is 3.09. The molecule has 0 spiro atoms. The minimum atomic E-state index is -0.235. The highest BCUT2D eigenvalue weighted by Gasteiger charge is 2.18. The molecule has 2 aromatic heterocycles. The van der Waals surface area contributed by atoms with E-state index in [9.17, 15) is 0 Å². The molecule has 0 aliphatic rings. The van der Waals surface area contributed by atoms with Crippen molar-refractivity contribution in [1.29, 1.82) is 0 Å². The lowest BCUT2D eigenvalue weighted by Gasteiger charge is -2.16. The molecular formula is C14H16N6. The lowest BCUT2D eigenvalue weighted by atomic mass is 10.0. The van der Waals surface area contributed by atoms with Gasteiger partial charge in [0.05, 0.1) is 17.8 Å². The third-order valence-electron chi connectivity index (χ3n) is 3.44. The Hall–Kier alpha value is -2.44. The second kappa shape index (κ2) is 4.92. The second-order valence-corrected chi connectivity index (χ2v) is 4.67. The van der Waals surface area contributed by atoms with E-state index in [2.05, 4.69) is 21.6 Å². The molecule has 20 heavy (non-hydrogen) atoms. The number of hydrazine groups is 1. The summed E-state index contributed by atoms with van der Waals surface area (Å²) in [6.45, 7) is 0. The molecule has 0 saturated carbocycles. The highest BCUT2D eigenvalue weighted by molar-refractivity contribution is 5.79. The molecule has 0 aliphatic carbocycles. The third-order valence-corrected chi connectivity index (χ3v) is 3.44. The van der Waals surface area contributed by atoms with Crippen LogP contribution in [-0.4, -0.2) is 14.8 Å². The van der Waals surface area contributed by atoms with Crippen LogP contribution in [0.4, 0.5) is 5.82 Å². The van der Waals surface area contributed by atoms with Crippen LogP contribution >= 0.6 is 0 Å². The summed E-state index contributed by atoms with van der Waals surface area (Å²) in [7, 11) is 1.80. The Balaban J connectivity index is 2.09. The van der Waals surface area contributed by atoms with Crippen LogP contribution in [0, 0.1) is 0 Å². The zero-order chi connectivity index (χ0) is 14.1. The number of aromatic nitrogens is 3. The summed E-state index contributed by atoms with van der Waals surface area (Å²) in [6, 6.07) is 9.76. The highest BCUT2D eigenvalue weighted by atomic mass is 15.3. The maximum atomic E-state index is 6.01. The lowest BCUT2D eigenvalue weighted by Crippen LogP contribution is -2.29. The number of nitrogen functional groups attached to an aromatic ring is 1. The zero-order valence-electron chi connectivity index (χ0n) is 11.1. The van der Waals surface area contributed by atoms with E-state index in [-0.39, 0.29) is 6.04 Å². The molecule has 0 saturated heterocycles. The van der Waals surface area contributed by atoms with Crippen LogP contribution in [0.15, 0.2) is 42.7 Å². The van der Waals surface area contributed by atoms with Crippen molar-refractivity contribution in [2.75, 3.05) is 5.73 Å². The highest BCUT2D eigenvalue weighted by Crippen LogP contribution is 2.26. The van der Waals surface area contributed by atoms with Crippen molar-refractivity contribution in [3.63, 3.8) is 0 Å². The monoisotopic (exact) mass is 268 g/mol. The standard InChI is InChI=1S/C14H16N6/c1-20-14(15)11(8-18-20)13(19-16)10-6-9-4-2-3-5-12(9)17-7-10/h2-8,13,19H,15-16H2,1H3. The Morgan fingerprint density at radius 2 is 2.05 bits per heavy atom. The average Bonchev–Trinajstić information content (AvgIpc) is 2.80. The number of para-hydroxylation sites is 1. The molecule has 3 aromatic rings. The summed E-state index contributed by atoms with van der Waals surface area (Å²) in [5.74, 6) is 6.27. The van der Waals surface area contributed by atoms with E-state index >= 15 is 0 Å². The molecule has 3 rings (SSSR count). The van der Waals surface area contributed by atoms with Gasteiger partial charge in [-0.15, -0.1) is 0 Å². The van der Waals surface area contributed by atoms with Crippen molar-refractivity contribution in [3.05, 3.63) is 53.9 Å². The molecule has 2 heterocycles. The Bertz CT molecular complexity index is 748. The second-order valence-electron chi connectivity index (χ2n) is 4.67. The molecule has 6 heteroatoms. The van der Waals surface area contributed by atoms with E-state index < -0.39 is 0 Å². The van der Waals surface area contributed by atoms with Gasteiger partial charge in [-0.3, -0.25) is 15.5 Å². The number of fused-ring (bicyclic) bond motifs is 1. The molecule has 0 aliphatic heterocycles. The van der Waals surface area contributed by atoms with Gasteiger partial charge in [-0.05, 0) is 17.7 Å². The van der Waals surface area contributed by atoms with Crippen molar-refractivity contribution < 1.29 is 0 Å². The minimum absolute atomic E-state index is 0.235. The first-order valence-corrected chi connectivity index (χ1v) is 6.29. The van der Waals surface area contributed by atoms with E-state index in [1.807, 2.05) is 24.3 Å². The van der Waals surface area contributed by atoms with Crippen molar-refractivity contribution in [3.8, 4) is 0 Å². The van der Waals surface area contributed by atoms with E-state index in [1.54, 1.807) is 24.1 Å². The van der Waals surface area contributed by atoms with Crippen molar-refractivity contribution in [2.24, 2.45) is 12.9 Å². The number of hydrogen-bond acceptors (Lipinski definition) is 5. The van der Waals surface area contributed by atoms with Crippen LogP contribution in [0.5, 0.6) is 0 Å². The number of aryl methyl sites for hydroxylation is 1. The number of rotatable bonds is 3. The Morgan fingerprint density at radius 3 is 2.75 bits per heavy atom. The number of hydrogen-bond donors (Lipinski definition) is 3. The van der Waals surface area contributed by atoms with Gasteiger partial charge in [0.25, 0.3) is 0 Å². The number of nitrogens with one attached hydrogen (secondary N) is 1. The number of nitrogens with two attached hydrogens (primary N) is 2. The zero-order valence-corrected chi connectivity index (χ0v) is 11.1. The van der Waals surface area contributed by atoms with Crippen LogP contribution in [0.2, 0.25) is 0 Å². The molecular weight excluding hydrogens is 252 g/mol. The van der Waals surface area contributed by atoms with Crippen molar-refractivity contribution in [2.45, 2.75) is 6.04 Å². The van der Waals surface area contributed by atoms with Gasteiger partial charge in [0.2, 0.25) is 0 Å². The number of pyridine rings is 1. The van der Waals surface area contributed by atoms with Crippen LogP contribution in [0.3, 0.4) is 0 Å². The van der Waals surface area contributed by atoms with Crippen molar-refractivity contribution in [1.82, 2.24) is 20.2 Å². The van der Waals surface area contributed by atoms with Crippen LogP contribution in [0.1, 0.15) is 17.2 Å². The molecule has 0 bridgehead atoms. The van der Waals surface area contributed by atoms with Gasteiger partial charge in [-0.2, -0.15) is 5.10 Å². The largest absolute Gasteiger partial charge is 0.384 e. The lowest BCUT2D eigenvalue weighted by molar-refractivity contribution is 0.637. The summed E-state index contributed by atoms with van der Waals surface area (Å²) >= 11 is 0. The van der Waals surface area contributed by atoms with Gasteiger partial charge < -0.3 is 5.73 Å². The van der Waals surface area contributed by atoms with Gasteiger partial charge in [0.1, 0.15) is 5.82 Å². The topological polar surface area (TPSA) is 94.8 Å². The van der Waals surface area contributed by atoms with Gasteiger partial charge in [0, 0.05) is 24.2 Å².